The van der Waals surface area contributed by atoms with Crippen LogP contribution in [0, 0.1) is 0 Å². The van der Waals surface area contributed by atoms with Gasteiger partial charge in [0, 0.05) is 38.3 Å². The summed E-state index contributed by atoms with van der Waals surface area (Å²) in [5.74, 6) is 0.619. The van der Waals surface area contributed by atoms with E-state index in [4.69, 9.17) is 4.74 Å². The highest BCUT2D eigenvalue weighted by Gasteiger charge is 2.17. The molecule has 0 fully saturated rings. The summed E-state index contributed by atoms with van der Waals surface area (Å²) < 4.78 is 5.39. The average molecular weight is 348 g/mol. The summed E-state index contributed by atoms with van der Waals surface area (Å²) in [6, 6.07) is 7.57. The SMILES string of the molecule is CN=C(NCc1cccc(C(=O)NC(C)(C)C)c1)NCC(C)(C)OC. The van der Waals surface area contributed by atoms with E-state index in [1.54, 1.807) is 14.2 Å². The van der Waals surface area contributed by atoms with Crippen LogP contribution in [-0.2, 0) is 11.3 Å². The molecule has 0 aliphatic carbocycles. The van der Waals surface area contributed by atoms with Gasteiger partial charge in [0.2, 0.25) is 0 Å². The van der Waals surface area contributed by atoms with Gasteiger partial charge in [-0.05, 0) is 52.3 Å². The number of aliphatic imine (C=N–C) groups is 1. The molecule has 0 aliphatic rings. The van der Waals surface area contributed by atoms with Crippen LogP contribution in [0.25, 0.3) is 0 Å². The van der Waals surface area contributed by atoms with Crippen molar-refractivity contribution in [3.05, 3.63) is 35.4 Å². The standard InChI is InChI=1S/C19H32N4O2/c1-18(2,3)23-16(24)15-10-8-9-14(11-15)12-21-17(20-6)22-13-19(4,5)25-7/h8-11H,12-13H2,1-7H3,(H,23,24)(H2,20,21,22). The molecule has 0 aliphatic heterocycles. The molecular formula is C19H32N4O2. The topological polar surface area (TPSA) is 74.8 Å². The van der Waals surface area contributed by atoms with Crippen LogP contribution in [0.1, 0.15) is 50.5 Å². The number of hydrogen-bond acceptors (Lipinski definition) is 3. The minimum Gasteiger partial charge on any atom is -0.377 e. The summed E-state index contributed by atoms with van der Waals surface area (Å²) in [5, 5.41) is 9.46. The van der Waals surface area contributed by atoms with E-state index in [0.29, 0.717) is 24.6 Å². The summed E-state index contributed by atoms with van der Waals surface area (Å²) >= 11 is 0. The number of carbonyl (C=O) groups is 1. The van der Waals surface area contributed by atoms with Crippen LogP contribution >= 0.6 is 0 Å². The molecule has 25 heavy (non-hydrogen) atoms. The molecule has 0 heterocycles. The summed E-state index contributed by atoms with van der Waals surface area (Å²) in [6.07, 6.45) is 0. The van der Waals surface area contributed by atoms with Crippen LogP contribution in [0.2, 0.25) is 0 Å². The van der Waals surface area contributed by atoms with Gasteiger partial charge in [-0.25, -0.2) is 0 Å². The fourth-order valence-corrected chi connectivity index (χ4v) is 2.01. The van der Waals surface area contributed by atoms with Gasteiger partial charge in [0.15, 0.2) is 5.96 Å². The van der Waals surface area contributed by atoms with Gasteiger partial charge in [-0.1, -0.05) is 12.1 Å². The predicted octanol–water partition coefficient (Wildman–Crippen LogP) is 2.30. The van der Waals surface area contributed by atoms with E-state index < -0.39 is 0 Å². The number of amides is 1. The summed E-state index contributed by atoms with van der Waals surface area (Å²) in [7, 11) is 3.41. The van der Waals surface area contributed by atoms with Crippen LogP contribution in [0.4, 0.5) is 0 Å². The number of methoxy groups -OCH3 is 1. The van der Waals surface area contributed by atoms with Gasteiger partial charge < -0.3 is 20.7 Å². The number of rotatable bonds is 6. The van der Waals surface area contributed by atoms with Crippen molar-refractivity contribution in [3.63, 3.8) is 0 Å². The highest BCUT2D eigenvalue weighted by Crippen LogP contribution is 2.08. The Morgan fingerprint density at radius 3 is 2.40 bits per heavy atom. The molecule has 1 amide bonds. The van der Waals surface area contributed by atoms with Crippen LogP contribution in [0.3, 0.4) is 0 Å². The normalized spacial score (nSPS) is 12.7. The largest absolute Gasteiger partial charge is 0.377 e. The Morgan fingerprint density at radius 1 is 1.16 bits per heavy atom. The van der Waals surface area contributed by atoms with Crippen molar-refractivity contribution in [3.8, 4) is 0 Å². The second kappa shape index (κ2) is 8.85. The van der Waals surface area contributed by atoms with Crippen LogP contribution < -0.4 is 16.0 Å². The first-order chi connectivity index (χ1) is 11.6. The molecule has 0 saturated carbocycles. The molecule has 0 saturated heterocycles. The predicted molar refractivity (Wildman–Crippen MR) is 103 cm³/mol. The van der Waals surface area contributed by atoms with Gasteiger partial charge in [0.1, 0.15) is 0 Å². The summed E-state index contributed by atoms with van der Waals surface area (Å²) in [4.78, 5) is 16.5. The Labute approximate surface area is 151 Å². The van der Waals surface area contributed by atoms with E-state index >= 15 is 0 Å². The van der Waals surface area contributed by atoms with Crippen LogP contribution in [-0.4, -0.2) is 43.7 Å². The maximum Gasteiger partial charge on any atom is 0.251 e. The molecule has 0 aromatic heterocycles. The summed E-state index contributed by atoms with van der Waals surface area (Å²) in [6.45, 7) is 11.1. The molecule has 0 radical (unpaired) electrons. The third-order valence-electron chi connectivity index (χ3n) is 3.60. The average Bonchev–Trinajstić information content (AvgIpc) is 2.53. The molecule has 0 unspecified atom stereocenters. The van der Waals surface area contributed by atoms with Gasteiger partial charge in [-0.2, -0.15) is 0 Å². The zero-order valence-corrected chi connectivity index (χ0v) is 16.5. The van der Waals surface area contributed by atoms with E-state index in [9.17, 15) is 4.79 Å². The van der Waals surface area contributed by atoms with Gasteiger partial charge >= 0.3 is 0 Å². The number of ether oxygens (including phenoxy) is 1. The molecule has 0 bridgehead atoms. The Hall–Kier alpha value is -2.08. The van der Waals surface area contributed by atoms with Crippen molar-refractivity contribution in [2.24, 2.45) is 4.99 Å². The van der Waals surface area contributed by atoms with Crippen LogP contribution in [0.5, 0.6) is 0 Å². The monoisotopic (exact) mass is 348 g/mol. The lowest BCUT2D eigenvalue weighted by Gasteiger charge is -2.24. The fourth-order valence-electron chi connectivity index (χ4n) is 2.01. The highest BCUT2D eigenvalue weighted by molar-refractivity contribution is 5.94. The second-order valence-corrected chi connectivity index (χ2v) is 7.65. The minimum atomic E-state index is -0.275. The highest BCUT2D eigenvalue weighted by atomic mass is 16.5. The maximum absolute atomic E-state index is 12.3. The Bertz CT molecular complexity index is 604. The molecule has 6 heteroatoms. The number of guanidine groups is 1. The zero-order valence-electron chi connectivity index (χ0n) is 16.5. The Balaban J connectivity index is 2.65. The number of nitrogens with one attached hydrogen (secondary N) is 3. The first kappa shape index (κ1) is 21.0. The fraction of sp³-hybridized carbons (Fsp3) is 0.579. The van der Waals surface area contributed by atoms with Crippen LogP contribution in [0.15, 0.2) is 29.3 Å². The molecule has 1 rings (SSSR count). The van der Waals surface area contributed by atoms with E-state index in [-0.39, 0.29) is 17.0 Å². The van der Waals surface area contributed by atoms with E-state index in [0.717, 1.165) is 5.56 Å². The first-order valence-corrected chi connectivity index (χ1v) is 8.47. The van der Waals surface area contributed by atoms with Gasteiger partial charge in [-0.15, -0.1) is 0 Å². The number of carbonyl (C=O) groups excluding carboxylic acids is 1. The van der Waals surface area contributed by atoms with Crippen molar-refractivity contribution in [2.45, 2.75) is 52.3 Å². The number of hydrogen-bond donors (Lipinski definition) is 3. The zero-order chi connectivity index (χ0) is 19.1. The third-order valence-corrected chi connectivity index (χ3v) is 3.60. The van der Waals surface area contributed by atoms with Gasteiger partial charge in [0.25, 0.3) is 5.91 Å². The molecule has 0 atom stereocenters. The molecule has 1 aromatic rings. The van der Waals surface area contributed by atoms with Crippen molar-refractivity contribution >= 4 is 11.9 Å². The molecule has 6 nitrogen and oxygen atoms in total. The van der Waals surface area contributed by atoms with Crippen molar-refractivity contribution < 1.29 is 9.53 Å². The molecule has 0 spiro atoms. The molecular weight excluding hydrogens is 316 g/mol. The van der Waals surface area contributed by atoms with E-state index in [1.807, 2.05) is 58.9 Å². The minimum absolute atomic E-state index is 0.0706. The van der Waals surface area contributed by atoms with Crippen molar-refractivity contribution in [1.82, 2.24) is 16.0 Å². The van der Waals surface area contributed by atoms with Crippen molar-refractivity contribution in [2.75, 3.05) is 20.7 Å². The van der Waals surface area contributed by atoms with Crippen molar-refractivity contribution in [1.29, 1.82) is 0 Å². The Kier molecular flexibility index (Phi) is 7.42. The molecule has 1 aromatic carbocycles. The summed E-state index contributed by atoms with van der Waals surface area (Å²) in [5.41, 5.74) is 1.13. The van der Waals surface area contributed by atoms with Gasteiger partial charge in [0.05, 0.1) is 5.60 Å². The maximum atomic E-state index is 12.3. The first-order valence-electron chi connectivity index (χ1n) is 8.47. The number of benzene rings is 1. The lowest BCUT2D eigenvalue weighted by atomic mass is 10.1. The lowest BCUT2D eigenvalue weighted by molar-refractivity contribution is 0.0268. The lowest BCUT2D eigenvalue weighted by Crippen LogP contribution is -2.45. The second-order valence-electron chi connectivity index (χ2n) is 7.65. The molecule has 3 N–H and O–H groups in total. The quantitative estimate of drug-likeness (QED) is 0.545. The van der Waals surface area contributed by atoms with E-state index in [2.05, 4.69) is 20.9 Å². The Morgan fingerprint density at radius 2 is 1.84 bits per heavy atom. The van der Waals surface area contributed by atoms with Gasteiger partial charge in [-0.3, -0.25) is 9.79 Å². The molecule has 140 valence electrons. The number of nitrogens with zero attached hydrogens (tertiary/aromatic N) is 1. The third kappa shape index (κ3) is 8.03. The smallest absolute Gasteiger partial charge is 0.251 e. The van der Waals surface area contributed by atoms with E-state index in [1.165, 1.54) is 0 Å².